The molecule has 8 atom stereocenters. The molecule has 1 heterocycles. The van der Waals surface area contributed by atoms with Gasteiger partial charge in [-0.2, -0.15) is 0 Å². The molecule has 0 saturated heterocycles. The summed E-state index contributed by atoms with van der Waals surface area (Å²) in [5.74, 6) is -8.10. The second-order valence-corrected chi connectivity index (χ2v) is 37.9. The monoisotopic (exact) mass is 2020 g/mol. The number of hydrogen-bond acceptors (Lipinski definition) is 18. The molecule has 1 aromatic heterocycles. The van der Waals surface area contributed by atoms with Crippen molar-refractivity contribution in [2.45, 2.75) is 162 Å². The molecule has 12 N–H and O–H groups in total. The molecule has 0 spiro atoms. The van der Waals surface area contributed by atoms with Gasteiger partial charge < -0.3 is 97.8 Å². The number of aromatic amines is 1. The Morgan fingerprint density at radius 2 is 0.439 bits per heavy atom. The maximum Gasteiger partial charge on any atom is 0.243 e. The third kappa shape index (κ3) is 34.0. The first-order chi connectivity index (χ1) is 71.4. The van der Waals surface area contributed by atoms with Gasteiger partial charge in [-0.1, -0.05) is 261 Å². The predicted octanol–water partition coefficient (Wildman–Crippen LogP) is 11.8. The molecule has 0 aliphatic heterocycles. The number of nitrogens with zero attached hydrogens (tertiary/aromatic N) is 12. The molecule has 10 rings (SSSR count). The van der Waals surface area contributed by atoms with Crippen LogP contribution < -0.4 is 34.0 Å². The van der Waals surface area contributed by atoms with E-state index in [0.29, 0.717) is 110 Å². The lowest BCUT2D eigenvalue weighted by molar-refractivity contribution is -0.152. The zero-order chi connectivity index (χ0) is 107. The molecule has 0 unspecified atom stereocenters. The van der Waals surface area contributed by atoms with Crippen molar-refractivity contribution in [3.8, 4) is 0 Å². The van der Waals surface area contributed by atoms with Crippen molar-refractivity contribution in [3.63, 3.8) is 0 Å². The van der Waals surface area contributed by atoms with E-state index in [2.05, 4.69) is 10.3 Å². The van der Waals surface area contributed by atoms with E-state index in [1.165, 1.54) is 58.8 Å². The van der Waals surface area contributed by atoms with E-state index in [1.54, 1.807) is 146 Å². The SMILES string of the molecule is C[C@@H](c1ccccc1)N(CC(N)=O)C(=O)CN(C(=O)CN(CCCCN)C(=O)CN(C(=O)CN(C(=O)CN(CCCCN)C(=O)CN(C(=O)CN(C(=O)CN(CCCCN)C(=O)CN(C(=O)CN(C(=O)CN(CCCCN)C(=O)CNCCc1c[nH]c2ccccc12)[C@@H](C)c1ccccc1)[C@@H](C)c1ccccc1)[C@@H](C)c1ccccc1)[C@@H](C)c1ccccc1)[C@@H](C)c1ccccc1)[C@@H](C)c1ccccc1)[C@@H](C)c1ccccc1. The molecule has 0 fully saturated rings. The first-order valence-electron chi connectivity index (χ1n) is 51.7. The molecule has 148 heavy (non-hydrogen) atoms. The number of aromatic nitrogens is 1. The molecule has 0 aliphatic rings. The number of carbonyl (C=O) groups is 13. The van der Waals surface area contributed by atoms with Crippen molar-refractivity contribution < 1.29 is 62.3 Å². The van der Waals surface area contributed by atoms with Crippen molar-refractivity contribution in [1.29, 1.82) is 0 Å². The van der Waals surface area contributed by atoms with E-state index in [1.807, 2.05) is 183 Å². The molecular weight excluding hydrogens is 1870 g/mol. The maximum atomic E-state index is 16.2. The highest BCUT2D eigenvalue weighted by Crippen LogP contribution is 2.33. The molecule has 10 aromatic rings. The van der Waals surface area contributed by atoms with Crippen LogP contribution in [0.1, 0.15) is 205 Å². The zero-order valence-electron chi connectivity index (χ0n) is 87.1. The molecule has 32 nitrogen and oxygen atoms in total. The minimum atomic E-state index is -0.880. The van der Waals surface area contributed by atoms with Crippen LogP contribution in [-0.2, 0) is 68.7 Å². The highest BCUT2D eigenvalue weighted by molar-refractivity contribution is 5.96. The number of nitrogens with one attached hydrogen (secondary N) is 2. The number of H-pyrrole nitrogens is 1. The summed E-state index contributed by atoms with van der Waals surface area (Å²) in [6, 6.07) is 74.1. The Kier molecular flexibility index (Phi) is 46.7. The Labute approximate surface area is 871 Å². The lowest BCUT2D eigenvalue weighted by atomic mass is 10.0. The van der Waals surface area contributed by atoms with Crippen molar-refractivity contribution in [1.82, 2.24) is 69.1 Å². The third-order valence-corrected chi connectivity index (χ3v) is 27.8. The van der Waals surface area contributed by atoms with Gasteiger partial charge in [-0.05, 0) is 202 Å². The Balaban J connectivity index is 0.935. The normalized spacial score (nSPS) is 12.8. The van der Waals surface area contributed by atoms with Gasteiger partial charge in [-0.15, -0.1) is 0 Å². The fourth-order valence-electron chi connectivity index (χ4n) is 18.5. The van der Waals surface area contributed by atoms with Gasteiger partial charge in [0, 0.05) is 43.3 Å². The minimum absolute atomic E-state index is 0.00416. The zero-order valence-corrected chi connectivity index (χ0v) is 87.1. The molecule has 32 heteroatoms. The summed E-state index contributed by atoms with van der Waals surface area (Å²) in [5.41, 5.74) is 37.6. The summed E-state index contributed by atoms with van der Waals surface area (Å²) in [6.45, 7) is 8.94. The van der Waals surface area contributed by atoms with E-state index in [-0.39, 0.29) is 64.8 Å². The van der Waals surface area contributed by atoms with E-state index < -0.39 is 191 Å². The number of unbranched alkanes of at least 4 members (excludes halogenated alkanes) is 4. The van der Waals surface area contributed by atoms with Crippen LogP contribution in [0.15, 0.2) is 273 Å². The smallest absolute Gasteiger partial charge is 0.243 e. The number of amides is 13. The average molecular weight is 2020 g/mol. The Hall–Kier alpha value is -14.6. The third-order valence-electron chi connectivity index (χ3n) is 27.8. The molecule has 13 amide bonds. The summed E-state index contributed by atoms with van der Waals surface area (Å²) in [5, 5.41) is 4.37. The summed E-state index contributed by atoms with van der Waals surface area (Å²) >= 11 is 0. The Bertz CT molecular complexity index is 5760. The Morgan fingerprint density at radius 3 is 0.662 bits per heavy atom. The molecule has 9 aromatic carbocycles. The second-order valence-electron chi connectivity index (χ2n) is 37.9. The van der Waals surface area contributed by atoms with Crippen LogP contribution in [0.3, 0.4) is 0 Å². The van der Waals surface area contributed by atoms with E-state index in [9.17, 15) is 14.4 Å². The first-order valence-corrected chi connectivity index (χ1v) is 51.7. The van der Waals surface area contributed by atoms with Gasteiger partial charge in [0.05, 0.1) is 87.6 Å². The summed E-state index contributed by atoms with van der Waals surface area (Å²) in [7, 11) is 0. The minimum Gasteiger partial charge on any atom is -0.368 e. The number of benzene rings is 9. The van der Waals surface area contributed by atoms with Crippen LogP contribution in [0.4, 0.5) is 0 Å². The maximum absolute atomic E-state index is 16.2. The van der Waals surface area contributed by atoms with E-state index >= 15 is 47.9 Å². The average Bonchev–Trinajstić information content (AvgIpc) is 1.24. The molecule has 0 radical (unpaired) electrons. The van der Waals surface area contributed by atoms with Crippen LogP contribution >= 0.6 is 0 Å². The van der Waals surface area contributed by atoms with Gasteiger partial charge in [-0.25, -0.2) is 0 Å². The molecule has 788 valence electrons. The van der Waals surface area contributed by atoms with Gasteiger partial charge in [0.25, 0.3) is 0 Å². The van der Waals surface area contributed by atoms with Crippen molar-refractivity contribution in [2.75, 3.05) is 144 Å². The fraction of sp³-hybridized carbons (Fsp3) is 0.405. The number of carbonyl (C=O) groups excluding carboxylic acids is 13. The van der Waals surface area contributed by atoms with Gasteiger partial charge in [0.2, 0.25) is 76.8 Å². The molecule has 0 saturated carbocycles. The van der Waals surface area contributed by atoms with Crippen molar-refractivity contribution in [2.24, 2.45) is 28.7 Å². The molecule has 0 bridgehead atoms. The molecular formula is C116H151N19O13. The number of rotatable bonds is 61. The number of fused-ring (bicyclic) bond motifs is 1. The standard InChI is InChI=1S/C116H151N19O13/c1-85(93-43-17-9-18-44-93)128(73-104(121)136)113(145)81-132(89(5)97-51-25-13-26-52-97)110(142)75-125(68-40-36-63-118)106(138)79-130(87(3)95-47-21-11-22-48-95)115(147)83-134(91(7)99-55-29-15-30-56-99)112(144)77-127(70-42-38-65-120)108(140)80-131(88(4)96-49-23-12-24-50-96)116(148)84-135(92(8)100-57-31-16-32-58-100)111(143)76-126(69-41-37-64-119)107(139)78-129(86(2)94-45-19-10-20-46-94)114(146)82-133(90(6)98-53-27-14-28-54-98)109(141)74-124(67-39-35-62-117)105(137)72-122-66-61-101-71-123-103-60-34-33-59-102(101)103/h9-34,43-60,71,85-92,122-123H,35-42,61-70,72-84,117-120H2,1-8H3,(H2,121,136)/t85-,86-,87-,88-,89-,90-,91-,92-/m0/s1. The number of para-hydroxylation sites is 1. The lowest BCUT2D eigenvalue weighted by Gasteiger charge is -2.38. The second kappa shape index (κ2) is 59.9. The lowest BCUT2D eigenvalue weighted by Crippen LogP contribution is -2.54. The first kappa shape index (κ1) is 115. The van der Waals surface area contributed by atoms with Crippen LogP contribution in [0.25, 0.3) is 10.9 Å². The highest BCUT2D eigenvalue weighted by atomic mass is 16.2. The van der Waals surface area contributed by atoms with Crippen LogP contribution in [-0.4, -0.2) is 285 Å². The quantitative estimate of drug-likeness (QED) is 0.0174. The fourth-order valence-corrected chi connectivity index (χ4v) is 18.5. The van der Waals surface area contributed by atoms with Crippen LogP contribution in [0, 0.1) is 0 Å². The number of hydrogen-bond donors (Lipinski definition) is 7. The van der Waals surface area contributed by atoms with Crippen molar-refractivity contribution >= 4 is 87.7 Å². The number of nitrogens with two attached hydrogens (primary N) is 5. The topological polar surface area (TPSA) is 419 Å². The Morgan fingerprint density at radius 1 is 0.243 bits per heavy atom. The van der Waals surface area contributed by atoms with E-state index in [4.69, 9.17) is 28.7 Å². The van der Waals surface area contributed by atoms with Gasteiger partial charge >= 0.3 is 0 Å². The van der Waals surface area contributed by atoms with Gasteiger partial charge in [-0.3, -0.25) is 62.3 Å². The van der Waals surface area contributed by atoms with Gasteiger partial charge in [0.15, 0.2) is 0 Å². The highest BCUT2D eigenvalue weighted by Gasteiger charge is 2.40. The summed E-state index contributed by atoms with van der Waals surface area (Å²) in [6.07, 6.45) is 5.94. The summed E-state index contributed by atoms with van der Waals surface area (Å²) in [4.78, 5) is 220. The predicted molar refractivity (Wildman–Crippen MR) is 576 cm³/mol. The largest absolute Gasteiger partial charge is 0.368 e. The molecule has 0 aliphatic carbocycles. The number of primary amides is 1. The van der Waals surface area contributed by atoms with Crippen molar-refractivity contribution in [3.05, 3.63) is 323 Å². The van der Waals surface area contributed by atoms with E-state index in [0.717, 1.165) is 22.0 Å². The van der Waals surface area contributed by atoms with Gasteiger partial charge in [0.1, 0.15) is 45.8 Å². The van der Waals surface area contributed by atoms with Crippen LogP contribution in [0.5, 0.6) is 0 Å². The summed E-state index contributed by atoms with van der Waals surface area (Å²) < 4.78 is 0. The van der Waals surface area contributed by atoms with Crippen LogP contribution in [0.2, 0.25) is 0 Å².